The predicted octanol–water partition coefficient (Wildman–Crippen LogP) is 4.65. The van der Waals surface area contributed by atoms with E-state index in [4.69, 9.17) is 0 Å². The van der Waals surface area contributed by atoms with Crippen LogP contribution in [0.15, 0.2) is 54.6 Å². The van der Waals surface area contributed by atoms with E-state index in [1.54, 1.807) is 0 Å². The molecule has 0 aliphatic rings. The van der Waals surface area contributed by atoms with Crippen LogP contribution in [-0.4, -0.2) is 0 Å². The third-order valence-corrected chi connectivity index (χ3v) is 2.43. The van der Waals surface area contributed by atoms with E-state index >= 15 is 0 Å². The van der Waals surface area contributed by atoms with Gasteiger partial charge in [-0.2, -0.15) is 0 Å². The Kier molecular flexibility index (Phi) is 4.96. The van der Waals surface area contributed by atoms with E-state index in [0.717, 1.165) is 5.56 Å². The fraction of sp³-hybridized carbons (Fsp3) is 0.235. The lowest BCUT2D eigenvalue weighted by atomic mass is 9.87. The fourth-order valence-electron chi connectivity index (χ4n) is 1.36. The van der Waals surface area contributed by atoms with E-state index in [0.29, 0.717) is 0 Å². The summed E-state index contributed by atoms with van der Waals surface area (Å²) in [5.41, 5.74) is 2.71. The van der Waals surface area contributed by atoms with Crippen LogP contribution in [0.1, 0.15) is 31.9 Å². The average Bonchev–Trinajstić information content (AvgIpc) is 2.31. The van der Waals surface area contributed by atoms with Crippen LogP contribution in [0.3, 0.4) is 0 Å². The Bertz CT molecular complexity index is 407. The first-order valence-electron chi connectivity index (χ1n) is 5.84. The monoisotopic (exact) mass is 224 g/mol. The van der Waals surface area contributed by atoms with E-state index in [1.165, 1.54) is 5.56 Å². The molecule has 2 aromatic rings. The molecule has 2 aromatic carbocycles. The summed E-state index contributed by atoms with van der Waals surface area (Å²) in [5.74, 6) is 0. The van der Waals surface area contributed by atoms with Crippen molar-refractivity contribution in [2.75, 3.05) is 0 Å². The molecule has 0 aromatic heterocycles. The van der Waals surface area contributed by atoms with Gasteiger partial charge in [0.2, 0.25) is 0 Å². The maximum Gasteiger partial charge on any atom is -0.0132 e. The van der Waals surface area contributed by atoms with Crippen molar-refractivity contribution in [3.63, 3.8) is 0 Å². The molecule has 2 rings (SSSR count). The van der Waals surface area contributed by atoms with E-state index in [-0.39, 0.29) is 5.41 Å². The summed E-state index contributed by atoms with van der Waals surface area (Å²) >= 11 is 0. The molecule has 0 fully saturated rings. The molecule has 0 N–H and O–H groups in total. The number of hydrogen-bond acceptors (Lipinski definition) is 0. The zero-order chi connectivity index (χ0) is 12.7. The Morgan fingerprint density at radius 2 is 1.41 bits per heavy atom. The van der Waals surface area contributed by atoms with Crippen molar-refractivity contribution in [3.05, 3.63) is 78.7 Å². The van der Waals surface area contributed by atoms with Gasteiger partial charge in [0.15, 0.2) is 0 Å². The Balaban J connectivity index is 0.000000181. The lowest BCUT2D eigenvalue weighted by Gasteiger charge is -2.17. The first kappa shape index (κ1) is 13.5. The van der Waals surface area contributed by atoms with Crippen molar-refractivity contribution >= 4 is 0 Å². The molecule has 0 nitrogen and oxygen atoms in total. The van der Waals surface area contributed by atoms with Crippen LogP contribution in [0.25, 0.3) is 0 Å². The minimum atomic E-state index is 0.273. The Morgan fingerprint density at radius 3 is 1.71 bits per heavy atom. The normalized spacial score (nSPS) is 10.4. The van der Waals surface area contributed by atoms with Gasteiger partial charge >= 0.3 is 0 Å². The van der Waals surface area contributed by atoms with Crippen LogP contribution in [0.5, 0.6) is 0 Å². The van der Waals surface area contributed by atoms with E-state index < -0.39 is 0 Å². The van der Waals surface area contributed by atoms with Gasteiger partial charge in [0.25, 0.3) is 0 Å². The van der Waals surface area contributed by atoms with Crippen LogP contribution >= 0.6 is 0 Å². The molecule has 0 aliphatic carbocycles. The summed E-state index contributed by atoms with van der Waals surface area (Å²) in [6.45, 7) is 10.4. The van der Waals surface area contributed by atoms with E-state index in [9.17, 15) is 0 Å². The second kappa shape index (κ2) is 6.24. The van der Waals surface area contributed by atoms with Gasteiger partial charge in [0, 0.05) is 0 Å². The van der Waals surface area contributed by atoms with Gasteiger partial charge in [-0.15, -0.1) is 0 Å². The van der Waals surface area contributed by atoms with Gasteiger partial charge in [-0.05, 0) is 29.5 Å². The lowest BCUT2D eigenvalue weighted by Crippen LogP contribution is -2.10. The summed E-state index contributed by atoms with van der Waals surface area (Å²) in [6.07, 6.45) is 0. The van der Waals surface area contributed by atoms with Crippen LogP contribution in [0, 0.1) is 13.0 Å². The fourth-order valence-corrected chi connectivity index (χ4v) is 1.36. The molecule has 0 aliphatic heterocycles. The van der Waals surface area contributed by atoms with Crippen molar-refractivity contribution < 1.29 is 0 Å². The van der Waals surface area contributed by atoms with Crippen LogP contribution in [0.2, 0.25) is 0 Å². The quantitative estimate of drug-likeness (QED) is 0.611. The number of rotatable bonds is 0. The van der Waals surface area contributed by atoms with Gasteiger partial charge in [-0.25, -0.2) is 0 Å². The molecule has 0 heteroatoms. The first-order chi connectivity index (χ1) is 8.00. The third kappa shape index (κ3) is 5.35. The lowest BCUT2D eigenvalue weighted by molar-refractivity contribution is 0.590. The molecule has 88 valence electrons. The number of benzene rings is 2. The first-order valence-corrected chi connectivity index (χ1v) is 5.84. The zero-order valence-corrected chi connectivity index (χ0v) is 10.9. The second-order valence-electron chi connectivity index (χ2n) is 5.02. The van der Waals surface area contributed by atoms with Crippen LogP contribution in [-0.2, 0) is 5.41 Å². The summed E-state index contributed by atoms with van der Waals surface area (Å²) < 4.78 is 0. The van der Waals surface area contributed by atoms with Crippen molar-refractivity contribution in [1.29, 1.82) is 0 Å². The average molecular weight is 224 g/mol. The predicted molar refractivity (Wildman–Crippen MR) is 74.9 cm³/mol. The summed E-state index contributed by atoms with van der Waals surface area (Å²) in [4.78, 5) is 0. The topological polar surface area (TPSA) is 0 Å². The molecule has 0 saturated carbocycles. The Hall–Kier alpha value is -1.56. The largest absolute Gasteiger partial charge is 0.0622 e. The second-order valence-corrected chi connectivity index (χ2v) is 5.02. The van der Waals surface area contributed by atoms with E-state index in [1.807, 2.05) is 42.5 Å². The highest BCUT2D eigenvalue weighted by Crippen LogP contribution is 2.20. The molecule has 0 heterocycles. The highest BCUT2D eigenvalue weighted by molar-refractivity contribution is 5.21. The van der Waals surface area contributed by atoms with Crippen LogP contribution in [0.4, 0.5) is 0 Å². The van der Waals surface area contributed by atoms with Gasteiger partial charge in [0.05, 0.1) is 0 Å². The minimum absolute atomic E-state index is 0.273. The molecular weight excluding hydrogens is 204 g/mol. The standard InChI is InChI=1S/C10H13.C7H7/c1-10(2,3)9-7-5-4-6-8-9;1-7-5-3-2-4-6-7/h5-8H,1-3H3;2-6H,1H2. The highest BCUT2D eigenvalue weighted by atomic mass is 14.2. The molecule has 0 atom stereocenters. The molecule has 2 radical (unpaired) electrons. The van der Waals surface area contributed by atoms with Gasteiger partial charge in [-0.1, -0.05) is 75.4 Å². The molecule has 17 heavy (non-hydrogen) atoms. The highest BCUT2D eigenvalue weighted by Gasteiger charge is 2.11. The van der Waals surface area contributed by atoms with E-state index in [2.05, 4.69) is 45.9 Å². The molecule has 0 spiro atoms. The van der Waals surface area contributed by atoms with Gasteiger partial charge in [-0.3, -0.25) is 0 Å². The van der Waals surface area contributed by atoms with Crippen molar-refractivity contribution in [2.24, 2.45) is 0 Å². The maximum atomic E-state index is 3.72. The van der Waals surface area contributed by atoms with Gasteiger partial charge in [0.1, 0.15) is 0 Å². The Labute approximate surface area is 105 Å². The molecule has 0 saturated heterocycles. The molecule has 0 amide bonds. The van der Waals surface area contributed by atoms with Crippen LogP contribution < -0.4 is 0 Å². The summed E-state index contributed by atoms with van der Waals surface area (Å²) in [7, 11) is 0. The molecule has 0 bridgehead atoms. The zero-order valence-electron chi connectivity index (χ0n) is 10.9. The van der Waals surface area contributed by atoms with Gasteiger partial charge < -0.3 is 0 Å². The SMILES string of the molecule is CC(C)(C)c1cc[c]cc1.[CH2]c1ccccc1. The number of hydrogen-bond donors (Lipinski definition) is 0. The van der Waals surface area contributed by atoms with Crippen molar-refractivity contribution in [1.82, 2.24) is 0 Å². The summed E-state index contributed by atoms with van der Waals surface area (Å²) in [5, 5.41) is 0. The van der Waals surface area contributed by atoms with Crippen molar-refractivity contribution in [2.45, 2.75) is 26.2 Å². The smallest absolute Gasteiger partial charge is 0.0132 e. The van der Waals surface area contributed by atoms with Crippen molar-refractivity contribution in [3.8, 4) is 0 Å². The molecule has 0 unspecified atom stereocenters. The minimum Gasteiger partial charge on any atom is -0.0622 e. The third-order valence-electron chi connectivity index (χ3n) is 2.43. The maximum absolute atomic E-state index is 3.72. The Morgan fingerprint density at radius 1 is 0.882 bits per heavy atom. The summed E-state index contributed by atoms with van der Waals surface area (Å²) in [6, 6.07) is 21.0. The molecular formula is C17H20.